The molecule has 0 rings (SSSR count). The normalized spacial score (nSPS) is 14.4. The monoisotopic (exact) mass is 762 g/mol. The summed E-state index contributed by atoms with van der Waals surface area (Å²) in [7, 11) is 0. The number of aliphatic hydroxyl groups is 4. The third-order valence-electron chi connectivity index (χ3n) is 10.8. The van der Waals surface area contributed by atoms with Crippen LogP contribution >= 0.6 is 0 Å². The predicted molar refractivity (Wildman–Crippen MR) is 233 cm³/mol. The summed E-state index contributed by atoms with van der Waals surface area (Å²) >= 11 is 0. The molecule has 0 aromatic rings. The largest absolute Gasteiger partial charge is 0.394 e. The molecule has 6 heteroatoms. The van der Waals surface area contributed by atoms with E-state index in [1.807, 2.05) is 0 Å². The lowest BCUT2D eigenvalue weighted by molar-refractivity contribution is -0.132. The molecular weight excluding hydrogens is 671 g/mol. The van der Waals surface area contributed by atoms with Crippen LogP contribution in [0.5, 0.6) is 0 Å². The van der Waals surface area contributed by atoms with Crippen molar-refractivity contribution in [3.63, 3.8) is 0 Å². The lowest BCUT2D eigenvalue weighted by Gasteiger charge is -2.27. The predicted octanol–water partition coefficient (Wildman–Crippen LogP) is 12.5. The van der Waals surface area contributed by atoms with Gasteiger partial charge in [0, 0.05) is 0 Å². The summed E-state index contributed by atoms with van der Waals surface area (Å²) in [6, 6.07) is -1.01. The first-order valence-electron chi connectivity index (χ1n) is 23.4. The highest BCUT2D eigenvalue weighted by atomic mass is 16.3. The van der Waals surface area contributed by atoms with Gasteiger partial charge in [-0.3, -0.25) is 4.79 Å². The summed E-state index contributed by atoms with van der Waals surface area (Å²) < 4.78 is 0. The zero-order chi connectivity index (χ0) is 39.6. The molecule has 0 aliphatic rings. The highest BCUT2D eigenvalue weighted by Crippen LogP contribution is 2.16. The van der Waals surface area contributed by atoms with E-state index in [1.54, 1.807) is 0 Å². The van der Waals surface area contributed by atoms with Gasteiger partial charge in [-0.2, -0.15) is 0 Å². The molecule has 0 fully saturated rings. The third-order valence-corrected chi connectivity index (χ3v) is 10.8. The molecule has 0 radical (unpaired) electrons. The van der Waals surface area contributed by atoms with Crippen LogP contribution in [-0.4, -0.2) is 57.3 Å². The molecule has 0 aromatic carbocycles. The van der Waals surface area contributed by atoms with Gasteiger partial charge in [-0.05, 0) is 64.2 Å². The molecule has 5 N–H and O–H groups in total. The Bertz CT molecular complexity index is 858. The topological polar surface area (TPSA) is 110 Å². The van der Waals surface area contributed by atoms with Crippen LogP contribution < -0.4 is 5.32 Å². The molecule has 4 unspecified atom stereocenters. The number of amides is 1. The van der Waals surface area contributed by atoms with Crippen LogP contribution in [-0.2, 0) is 4.79 Å². The van der Waals surface area contributed by atoms with Crippen LogP contribution in [0.1, 0.15) is 232 Å². The number of rotatable bonds is 42. The molecule has 318 valence electrons. The van der Waals surface area contributed by atoms with Gasteiger partial charge in [-0.1, -0.05) is 204 Å². The van der Waals surface area contributed by atoms with Crippen molar-refractivity contribution in [2.45, 2.75) is 257 Å². The van der Waals surface area contributed by atoms with Crippen LogP contribution in [0.15, 0.2) is 36.5 Å². The van der Waals surface area contributed by atoms with Gasteiger partial charge in [0.25, 0.3) is 0 Å². The average molecular weight is 762 g/mol. The van der Waals surface area contributed by atoms with E-state index in [0.29, 0.717) is 19.3 Å². The van der Waals surface area contributed by atoms with Crippen LogP contribution in [0.25, 0.3) is 0 Å². The van der Waals surface area contributed by atoms with E-state index in [9.17, 15) is 25.2 Å². The number of nitrogens with one attached hydrogen (secondary N) is 1. The molecule has 0 saturated carbocycles. The Kier molecular flexibility index (Phi) is 41.5. The first-order valence-corrected chi connectivity index (χ1v) is 23.4. The Balaban J connectivity index is 3.74. The van der Waals surface area contributed by atoms with E-state index >= 15 is 0 Å². The number of aliphatic hydroxyl groups excluding tert-OH is 4. The fraction of sp³-hybridized carbons (Fsp3) is 0.854. The van der Waals surface area contributed by atoms with E-state index in [2.05, 4.69) is 55.6 Å². The van der Waals surface area contributed by atoms with E-state index in [1.165, 1.54) is 148 Å². The first-order chi connectivity index (χ1) is 26.5. The van der Waals surface area contributed by atoms with E-state index in [0.717, 1.165) is 51.4 Å². The summed E-state index contributed by atoms with van der Waals surface area (Å²) in [6.45, 7) is 4.02. The molecule has 54 heavy (non-hydrogen) atoms. The Morgan fingerprint density at radius 2 is 0.778 bits per heavy atom. The van der Waals surface area contributed by atoms with E-state index < -0.39 is 36.9 Å². The highest BCUT2D eigenvalue weighted by Gasteiger charge is 2.28. The summed E-state index contributed by atoms with van der Waals surface area (Å²) in [5.74, 6) is -0.598. The minimum Gasteiger partial charge on any atom is -0.394 e. The van der Waals surface area contributed by atoms with Crippen molar-refractivity contribution in [3.05, 3.63) is 36.5 Å². The molecule has 0 saturated heterocycles. The van der Waals surface area contributed by atoms with Gasteiger partial charge >= 0.3 is 0 Å². The number of allylic oxidation sites excluding steroid dienone is 6. The van der Waals surface area contributed by atoms with Crippen molar-refractivity contribution in [2.24, 2.45) is 0 Å². The summed E-state index contributed by atoms with van der Waals surface area (Å²) in [4.78, 5) is 12.5. The van der Waals surface area contributed by atoms with Crippen molar-refractivity contribution in [1.29, 1.82) is 0 Å². The second-order valence-electron chi connectivity index (χ2n) is 16.1. The molecule has 6 nitrogen and oxygen atoms in total. The minimum atomic E-state index is -1.29. The van der Waals surface area contributed by atoms with Crippen LogP contribution in [0, 0.1) is 0 Å². The second-order valence-corrected chi connectivity index (χ2v) is 16.1. The Morgan fingerprint density at radius 1 is 0.444 bits per heavy atom. The van der Waals surface area contributed by atoms with E-state index in [4.69, 9.17) is 0 Å². The summed E-state index contributed by atoms with van der Waals surface area (Å²) in [5.41, 5.74) is 0. The lowest BCUT2D eigenvalue weighted by Crippen LogP contribution is -2.53. The zero-order valence-corrected chi connectivity index (χ0v) is 35.7. The van der Waals surface area contributed by atoms with Gasteiger partial charge in [0.05, 0.1) is 18.8 Å². The molecule has 4 atom stereocenters. The fourth-order valence-corrected chi connectivity index (χ4v) is 7.08. The van der Waals surface area contributed by atoms with Crippen LogP contribution in [0.4, 0.5) is 0 Å². The van der Waals surface area contributed by atoms with Gasteiger partial charge in [-0.15, -0.1) is 0 Å². The van der Waals surface area contributed by atoms with Crippen LogP contribution in [0.2, 0.25) is 0 Å². The van der Waals surface area contributed by atoms with Gasteiger partial charge in [0.2, 0.25) is 5.91 Å². The number of unbranched alkanes of at least 4 members (excludes halogenated alkanes) is 27. The fourth-order valence-electron chi connectivity index (χ4n) is 7.08. The molecule has 0 aromatic heterocycles. The Labute approximate surface area is 335 Å². The summed E-state index contributed by atoms with van der Waals surface area (Å²) in [5, 5.41) is 43.7. The molecule has 1 amide bonds. The molecule has 0 bridgehead atoms. The molecular formula is C48H91NO5. The maximum absolute atomic E-state index is 12.5. The SMILES string of the molecule is CCCCC/C=C/CC/C=C/CC/C=C/CCCC(O)C(O)C(CO)NC(=O)C(O)CCCCCCCCCCCCCCCCCCCCCCCC. The maximum atomic E-state index is 12.5. The molecule has 0 heterocycles. The van der Waals surface area contributed by atoms with Gasteiger partial charge in [-0.25, -0.2) is 0 Å². The van der Waals surface area contributed by atoms with Crippen molar-refractivity contribution in [1.82, 2.24) is 5.32 Å². The third kappa shape index (κ3) is 36.2. The molecule has 0 aliphatic carbocycles. The standard InChI is InChI=1S/C48H91NO5/c1-3-5-7-9-11-13-15-17-19-21-22-23-24-25-26-28-30-32-34-36-38-40-42-46(52)48(54)49-44(43-50)47(53)45(51)41-39-37-35-33-31-29-27-20-18-16-14-12-10-8-6-4-2/h12,14,20,27,33,35,44-47,50-53H,3-11,13,15-19,21-26,28-32,34,36-43H2,1-2H3,(H,49,54)/b14-12+,27-20+,35-33+. The Hall–Kier alpha value is -1.47. The maximum Gasteiger partial charge on any atom is 0.249 e. The molecule has 0 spiro atoms. The minimum absolute atomic E-state index is 0.362. The van der Waals surface area contributed by atoms with Gasteiger partial charge in [0.15, 0.2) is 0 Å². The number of carbonyl (C=O) groups excluding carboxylic acids is 1. The quantitative estimate of drug-likeness (QED) is 0.0314. The lowest BCUT2D eigenvalue weighted by atomic mass is 10.00. The first kappa shape index (κ1) is 52.5. The second kappa shape index (κ2) is 42.7. The highest BCUT2D eigenvalue weighted by molar-refractivity contribution is 5.80. The van der Waals surface area contributed by atoms with Crippen LogP contribution in [0.3, 0.4) is 0 Å². The summed E-state index contributed by atoms with van der Waals surface area (Å²) in [6.07, 6.45) is 50.4. The Morgan fingerprint density at radius 3 is 1.17 bits per heavy atom. The van der Waals surface area contributed by atoms with Gasteiger partial charge < -0.3 is 25.7 Å². The number of hydrogen-bond acceptors (Lipinski definition) is 5. The van der Waals surface area contributed by atoms with E-state index in [-0.39, 0.29) is 0 Å². The zero-order valence-electron chi connectivity index (χ0n) is 35.7. The van der Waals surface area contributed by atoms with Crippen molar-refractivity contribution >= 4 is 5.91 Å². The smallest absolute Gasteiger partial charge is 0.249 e. The average Bonchev–Trinajstić information content (AvgIpc) is 3.18. The van der Waals surface area contributed by atoms with Gasteiger partial charge in [0.1, 0.15) is 12.2 Å². The molecule has 0 aliphatic heterocycles. The number of carbonyl (C=O) groups is 1. The van der Waals surface area contributed by atoms with Crippen molar-refractivity contribution in [3.8, 4) is 0 Å². The van der Waals surface area contributed by atoms with Crippen molar-refractivity contribution < 1.29 is 25.2 Å². The number of hydrogen-bond donors (Lipinski definition) is 5. The van der Waals surface area contributed by atoms with Crippen molar-refractivity contribution in [2.75, 3.05) is 6.61 Å².